The molecule has 0 saturated carbocycles. The van der Waals surface area contributed by atoms with Crippen LogP contribution < -0.4 is 0 Å². The Labute approximate surface area is 167 Å². The van der Waals surface area contributed by atoms with E-state index < -0.39 is 16.0 Å². The second-order valence-electron chi connectivity index (χ2n) is 5.86. The minimum absolute atomic E-state index is 0.0458. The summed E-state index contributed by atoms with van der Waals surface area (Å²) < 4.78 is 37.4. The van der Waals surface area contributed by atoms with Crippen LogP contribution in [0.5, 0.6) is 0 Å². The highest BCUT2D eigenvalue weighted by molar-refractivity contribution is 7.89. The van der Waals surface area contributed by atoms with Gasteiger partial charge < -0.3 is 9.47 Å². The molecule has 144 valence electrons. The molecule has 1 aliphatic heterocycles. The van der Waals surface area contributed by atoms with E-state index in [0.29, 0.717) is 18.2 Å². The predicted octanol–water partition coefficient (Wildman–Crippen LogP) is 3.37. The normalized spacial score (nSPS) is 15.5. The van der Waals surface area contributed by atoms with Crippen molar-refractivity contribution in [2.24, 2.45) is 0 Å². The fourth-order valence-electron chi connectivity index (χ4n) is 2.57. The molecule has 0 aromatic heterocycles. The maximum atomic E-state index is 12.8. The summed E-state index contributed by atoms with van der Waals surface area (Å²) in [5, 5.41) is 0.636. The standard InChI is InChI=1S/C18H17Cl2NO5S/c19-15-4-1-13(2-5-15)12-26-18(22)14-3-6-16(20)17(11-14)27(23,24)21-7-9-25-10-8-21/h1-6,11H,7-10,12H2. The van der Waals surface area contributed by atoms with Crippen LogP contribution in [-0.4, -0.2) is 45.0 Å². The Morgan fingerprint density at radius 2 is 1.74 bits per heavy atom. The highest BCUT2D eigenvalue weighted by Crippen LogP contribution is 2.27. The van der Waals surface area contributed by atoms with Crippen molar-refractivity contribution >= 4 is 39.2 Å². The minimum Gasteiger partial charge on any atom is -0.457 e. The summed E-state index contributed by atoms with van der Waals surface area (Å²) in [6.45, 7) is 1.16. The number of nitrogens with zero attached hydrogens (tertiary/aromatic N) is 1. The molecule has 0 amide bonds. The summed E-state index contributed by atoms with van der Waals surface area (Å²) in [5.74, 6) is -0.639. The molecule has 0 spiro atoms. The number of esters is 1. The first-order valence-electron chi connectivity index (χ1n) is 8.17. The Morgan fingerprint density at radius 1 is 1.07 bits per heavy atom. The van der Waals surface area contributed by atoms with E-state index in [2.05, 4.69) is 0 Å². The smallest absolute Gasteiger partial charge is 0.338 e. The van der Waals surface area contributed by atoms with Crippen molar-refractivity contribution in [3.63, 3.8) is 0 Å². The Morgan fingerprint density at radius 3 is 2.41 bits per heavy atom. The molecule has 0 aliphatic carbocycles. The lowest BCUT2D eigenvalue weighted by Crippen LogP contribution is -2.40. The first kappa shape index (κ1) is 20.1. The zero-order valence-corrected chi connectivity index (χ0v) is 16.6. The summed E-state index contributed by atoms with van der Waals surface area (Å²) in [6, 6.07) is 10.9. The highest BCUT2D eigenvalue weighted by Gasteiger charge is 2.29. The van der Waals surface area contributed by atoms with Crippen LogP contribution in [0.2, 0.25) is 10.0 Å². The zero-order valence-electron chi connectivity index (χ0n) is 14.2. The van der Waals surface area contributed by atoms with Crippen molar-refractivity contribution in [1.82, 2.24) is 4.31 Å². The average molecular weight is 430 g/mol. The second kappa shape index (κ2) is 8.58. The monoisotopic (exact) mass is 429 g/mol. The highest BCUT2D eigenvalue weighted by atomic mass is 35.5. The van der Waals surface area contributed by atoms with Gasteiger partial charge in [0.2, 0.25) is 10.0 Å². The van der Waals surface area contributed by atoms with Gasteiger partial charge in [0.1, 0.15) is 11.5 Å². The molecular weight excluding hydrogens is 413 g/mol. The van der Waals surface area contributed by atoms with Crippen LogP contribution in [0.3, 0.4) is 0 Å². The molecule has 1 saturated heterocycles. The van der Waals surface area contributed by atoms with Crippen LogP contribution in [0.25, 0.3) is 0 Å². The Hall–Kier alpha value is -1.64. The molecule has 9 heteroatoms. The van der Waals surface area contributed by atoms with Gasteiger partial charge in [0.25, 0.3) is 0 Å². The number of sulfonamides is 1. The maximum absolute atomic E-state index is 12.8. The first-order chi connectivity index (χ1) is 12.9. The van der Waals surface area contributed by atoms with E-state index in [4.69, 9.17) is 32.7 Å². The zero-order chi connectivity index (χ0) is 19.4. The van der Waals surface area contributed by atoms with Crippen molar-refractivity contribution < 1.29 is 22.7 Å². The van der Waals surface area contributed by atoms with Crippen molar-refractivity contribution in [1.29, 1.82) is 0 Å². The number of carbonyl (C=O) groups is 1. The van der Waals surface area contributed by atoms with Crippen LogP contribution in [0.1, 0.15) is 15.9 Å². The average Bonchev–Trinajstić information content (AvgIpc) is 2.68. The van der Waals surface area contributed by atoms with Gasteiger partial charge in [0.05, 0.1) is 23.8 Å². The number of halogens is 2. The molecule has 0 atom stereocenters. The minimum atomic E-state index is -3.82. The largest absolute Gasteiger partial charge is 0.457 e. The molecular formula is C18H17Cl2NO5S. The van der Waals surface area contributed by atoms with Crippen LogP contribution in [-0.2, 0) is 26.1 Å². The van der Waals surface area contributed by atoms with Gasteiger partial charge in [0, 0.05) is 18.1 Å². The topological polar surface area (TPSA) is 72.9 Å². The number of carbonyl (C=O) groups excluding carboxylic acids is 1. The number of hydrogen-bond donors (Lipinski definition) is 0. The van der Waals surface area contributed by atoms with E-state index in [1.807, 2.05) is 0 Å². The number of hydrogen-bond acceptors (Lipinski definition) is 5. The molecule has 3 rings (SSSR count). The van der Waals surface area contributed by atoms with Gasteiger partial charge in [-0.2, -0.15) is 4.31 Å². The molecule has 27 heavy (non-hydrogen) atoms. The Kier molecular flexibility index (Phi) is 6.39. The van der Waals surface area contributed by atoms with Crippen LogP contribution >= 0.6 is 23.2 Å². The van der Waals surface area contributed by atoms with Crippen molar-refractivity contribution in [2.45, 2.75) is 11.5 Å². The van der Waals surface area contributed by atoms with Crippen molar-refractivity contribution in [3.05, 3.63) is 63.6 Å². The van der Waals surface area contributed by atoms with Crippen molar-refractivity contribution in [3.8, 4) is 0 Å². The molecule has 0 unspecified atom stereocenters. The van der Waals surface area contributed by atoms with Gasteiger partial charge in [-0.05, 0) is 35.9 Å². The lowest BCUT2D eigenvalue weighted by Gasteiger charge is -2.26. The lowest BCUT2D eigenvalue weighted by atomic mass is 10.2. The molecule has 2 aromatic rings. The van der Waals surface area contributed by atoms with Gasteiger partial charge in [-0.15, -0.1) is 0 Å². The molecule has 0 bridgehead atoms. The Bertz CT molecular complexity index is 925. The molecule has 1 fully saturated rings. The van der Waals surface area contributed by atoms with Crippen LogP contribution in [0.4, 0.5) is 0 Å². The molecule has 0 radical (unpaired) electrons. The molecule has 6 nitrogen and oxygen atoms in total. The SMILES string of the molecule is O=C(OCc1ccc(Cl)cc1)c1ccc(Cl)c(S(=O)(=O)N2CCOCC2)c1. The summed E-state index contributed by atoms with van der Waals surface area (Å²) in [7, 11) is -3.82. The van der Waals surface area contributed by atoms with E-state index in [-0.39, 0.29) is 35.2 Å². The van der Waals surface area contributed by atoms with Crippen molar-refractivity contribution in [2.75, 3.05) is 26.3 Å². The van der Waals surface area contributed by atoms with E-state index in [9.17, 15) is 13.2 Å². The van der Waals surface area contributed by atoms with Gasteiger partial charge in [-0.3, -0.25) is 0 Å². The van der Waals surface area contributed by atoms with Gasteiger partial charge >= 0.3 is 5.97 Å². The van der Waals surface area contributed by atoms with E-state index in [1.165, 1.54) is 22.5 Å². The van der Waals surface area contributed by atoms with E-state index >= 15 is 0 Å². The summed E-state index contributed by atoms with van der Waals surface area (Å²) in [6.07, 6.45) is 0. The molecule has 1 aliphatic rings. The van der Waals surface area contributed by atoms with E-state index in [1.54, 1.807) is 24.3 Å². The Balaban J connectivity index is 1.77. The third kappa shape index (κ3) is 4.80. The molecule has 2 aromatic carbocycles. The molecule has 1 heterocycles. The number of ether oxygens (including phenoxy) is 2. The van der Waals surface area contributed by atoms with E-state index in [0.717, 1.165) is 5.56 Å². The fraction of sp³-hybridized carbons (Fsp3) is 0.278. The number of rotatable bonds is 5. The summed E-state index contributed by atoms with van der Waals surface area (Å²) >= 11 is 11.9. The predicted molar refractivity (Wildman–Crippen MR) is 102 cm³/mol. The van der Waals surface area contributed by atoms with Gasteiger partial charge in [0.15, 0.2) is 0 Å². The van der Waals surface area contributed by atoms with Crippen LogP contribution in [0, 0.1) is 0 Å². The first-order valence-corrected chi connectivity index (χ1v) is 10.4. The lowest BCUT2D eigenvalue weighted by molar-refractivity contribution is 0.0472. The third-order valence-corrected chi connectivity index (χ3v) is 6.67. The summed E-state index contributed by atoms with van der Waals surface area (Å²) in [4.78, 5) is 12.2. The number of morpholine rings is 1. The number of benzene rings is 2. The molecule has 0 N–H and O–H groups in total. The maximum Gasteiger partial charge on any atom is 0.338 e. The second-order valence-corrected chi connectivity index (χ2v) is 8.61. The summed E-state index contributed by atoms with van der Waals surface area (Å²) in [5.41, 5.74) is 0.878. The van der Waals surface area contributed by atoms with Gasteiger partial charge in [-0.25, -0.2) is 13.2 Å². The van der Waals surface area contributed by atoms with Gasteiger partial charge in [-0.1, -0.05) is 35.3 Å². The quantitative estimate of drug-likeness (QED) is 0.681. The third-order valence-electron chi connectivity index (χ3n) is 4.04. The fourth-order valence-corrected chi connectivity index (χ4v) is 4.60. The van der Waals surface area contributed by atoms with Crippen LogP contribution in [0.15, 0.2) is 47.4 Å².